The van der Waals surface area contributed by atoms with Gasteiger partial charge in [0.15, 0.2) is 0 Å². The van der Waals surface area contributed by atoms with Crippen molar-refractivity contribution in [2.24, 2.45) is 5.92 Å². The summed E-state index contributed by atoms with van der Waals surface area (Å²) in [6.07, 6.45) is 7.39. The standard InChI is InChI=1S/C14H26N2O2/c1-16(10-12-5-4-8-18-11-12)14(17)9-15-13-6-2-3-7-13/h12-13,15H,2-11H2,1H3. The summed E-state index contributed by atoms with van der Waals surface area (Å²) in [5, 5.41) is 3.38. The van der Waals surface area contributed by atoms with Crippen molar-refractivity contribution in [3.05, 3.63) is 0 Å². The zero-order valence-corrected chi connectivity index (χ0v) is 11.5. The van der Waals surface area contributed by atoms with Crippen molar-refractivity contribution >= 4 is 5.91 Å². The molecule has 1 amide bonds. The van der Waals surface area contributed by atoms with E-state index >= 15 is 0 Å². The van der Waals surface area contributed by atoms with E-state index in [9.17, 15) is 4.79 Å². The van der Waals surface area contributed by atoms with Gasteiger partial charge < -0.3 is 15.0 Å². The lowest BCUT2D eigenvalue weighted by Gasteiger charge is -2.27. The summed E-state index contributed by atoms with van der Waals surface area (Å²) in [5.74, 6) is 0.742. The predicted octanol–water partition coefficient (Wildman–Crippen LogP) is 1.40. The van der Waals surface area contributed by atoms with Crippen molar-refractivity contribution in [3.63, 3.8) is 0 Å². The van der Waals surface area contributed by atoms with Gasteiger partial charge in [-0.2, -0.15) is 0 Å². The lowest BCUT2D eigenvalue weighted by molar-refractivity contribution is -0.130. The van der Waals surface area contributed by atoms with Crippen LogP contribution in [0.3, 0.4) is 0 Å². The van der Waals surface area contributed by atoms with E-state index in [0.29, 0.717) is 18.5 Å². The highest BCUT2D eigenvalue weighted by Gasteiger charge is 2.20. The van der Waals surface area contributed by atoms with Crippen LogP contribution in [0.25, 0.3) is 0 Å². The van der Waals surface area contributed by atoms with Crippen LogP contribution in [0, 0.1) is 5.92 Å². The summed E-state index contributed by atoms with van der Waals surface area (Å²) >= 11 is 0. The Bertz CT molecular complexity index is 259. The molecule has 1 saturated carbocycles. The molecule has 0 aromatic rings. The number of nitrogens with zero attached hydrogens (tertiary/aromatic N) is 1. The van der Waals surface area contributed by atoms with Gasteiger partial charge in [0.05, 0.1) is 13.2 Å². The number of hydrogen-bond acceptors (Lipinski definition) is 3. The Hall–Kier alpha value is -0.610. The van der Waals surface area contributed by atoms with Crippen LogP contribution in [0.2, 0.25) is 0 Å². The molecule has 1 N–H and O–H groups in total. The maximum atomic E-state index is 12.0. The number of rotatable bonds is 5. The number of ether oxygens (including phenoxy) is 1. The third-order valence-corrected chi connectivity index (χ3v) is 4.11. The molecular formula is C14H26N2O2. The van der Waals surface area contributed by atoms with Crippen molar-refractivity contribution in [1.82, 2.24) is 10.2 Å². The van der Waals surface area contributed by atoms with Crippen LogP contribution in [0.4, 0.5) is 0 Å². The summed E-state index contributed by atoms with van der Waals surface area (Å²) < 4.78 is 5.45. The van der Waals surface area contributed by atoms with Crippen LogP contribution in [0.1, 0.15) is 38.5 Å². The second kappa shape index (κ2) is 7.10. The minimum absolute atomic E-state index is 0.215. The molecular weight excluding hydrogens is 228 g/mol. The van der Waals surface area contributed by atoms with Crippen LogP contribution in [0.5, 0.6) is 0 Å². The van der Waals surface area contributed by atoms with Gasteiger partial charge in [-0.05, 0) is 31.6 Å². The molecule has 1 atom stereocenters. The number of likely N-dealkylation sites (N-methyl/N-ethyl adjacent to an activating group) is 1. The zero-order valence-electron chi connectivity index (χ0n) is 11.5. The fourth-order valence-electron chi connectivity index (χ4n) is 2.94. The van der Waals surface area contributed by atoms with E-state index in [2.05, 4.69) is 5.32 Å². The van der Waals surface area contributed by atoms with Gasteiger partial charge in [0.2, 0.25) is 5.91 Å². The monoisotopic (exact) mass is 254 g/mol. The lowest BCUT2D eigenvalue weighted by atomic mass is 10.0. The van der Waals surface area contributed by atoms with E-state index in [-0.39, 0.29) is 5.91 Å². The molecule has 1 heterocycles. The van der Waals surface area contributed by atoms with Gasteiger partial charge in [-0.3, -0.25) is 4.79 Å². The lowest BCUT2D eigenvalue weighted by Crippen LogP contribution is -2.42. The first-order chi connectivity index (χ1) is 8.75. The smallest absolute Gasteiger partial charge is 0.236 e. The van der Waals surface area contributed by atoms with E-state index in [4.69, 9.17) is 4.74 Å². The summed E-state index contributed by atoms with van der Waals surface area (Å²) in [6.45, 7) is 3.03. The van der Waals surface area contributed by atoms with Crippen LogP contribution < -0.4 is 5.32 Å². The Labute approximate surface area is 110 Å². The Morgan fingerprint density at radius 1 is 1.28 bits per heavy atom. The van der Waals surface area contributed by atoms with Crippen molar-refractivity contribution in [2.75, 3.05) is 33.4 Å². The Kier molecular flexibility index (Phi) is 5.45. The molecule has 2 rings (SSSR count). The average Bonchev–Trinajstić information content (AvgIpc) is 2.90. The van der Waals surface area contributed by atoms with Gasteiger partial charge >= 0.3 is 0 Å². The topological polar surface area (TPSA) is 41.6 Å². The highest BCUT2D eigenvalue weighted by Crippen LogP contribution is 2.17. The van der Waals surface area contributed by atoms with Gasteiger partial charge in [0, 0.05) is 26.2 Å². The van der Waals surface area contributed by atoms with Crippen LogP contribution in [-0.2, 0) is 9.53 Å². The van der Waals surface area contributed by atoms with Crippen molar-refractivity contribution in [1.29, 1.82) is 0 Å². The molecule has 1 saturated heterocycles. The summed E-state index contributed by atoms with van der Waals surface area (Å²) in [7, 11) is 1.91. The van der Waals surface area contributed by atoms with Gasteiger partial charge in [-0.25, -0.2) is 0 Å². The molecule has 104 valence electrons. The molecule has 18 heavy (non-hydrogen) atoms. The number of nitrogens with one attached hydrogen (secondary N) is 1. The van der Waals surface area contributed by atoms with E-state index in [1.54, 1.807) is 0 Å². The van der Waals surface area contributed by atoms with Crippen LogP contribution in [0.15, 0.2) is 0 Å². The molecule has 2 aliphatic rings. The van der Waals surface area contributed by atoms with Gasteiger partial charge in [-0.1, -0.05) is 12.8 Å². The van der Waals surface area contributed by atoms with Crippen LogP contribution >= 0.6 is 0 Å². The molecule has 0 aromatic carbocycles. The quantitative estimate of drug-likeness (QED) is 0.806. The predicted molar refractivity (Wildman–Crippen MR) is 71.4 cm³/mol. The number of carbonyl (C=O) groups excluding carboxylic acids is 1. The van der Waals surface area contributed by atoms with Gasteiger partial charge in [0.25, 0.3) is 0 Å². The number of hydrogen-bond donors (Lipinski definition) is 1. The largest absolute Gasteiger partial charge is 0.381 e. The molecule has 0 bridgehead atoms. The van der Waals surface area contributed by atoms with Crippen molar-refractivity contribution in [2.45, 2.75) is 44.6 Å². The fraction of sp³-hybridized carbons (Fsp3) is 0.929. The average molecular weight is 254 g/mol. The molecule has 1 aliphatic carbocycles. The molecule has 4 heteroatoms. The third-order valence-electron chi connectivity index (χ3n) is 4.11. The second-order valence-corrected chi connectivity index (χ2v) is 5.72. The van der Waals surface area contributed by atoms with Crippen LogP contribution in [-0.4, -0.2) is 50.2 Å². The Morgan fingerprint density at radius 2 is 2.06 bits per heavy atom. The number of amides is 1. The maximum Gasteiger partial charge on any atom is 0.236 e. The highest BCUT2D eigenvalue weighted by atomic mass is 16.5. The normalized spacial score (nSPS) is 25.3. The first-order valence-corrected chi connectivity index (χ1v) is 7.31. The SMILES string of the molecule is CN(CC1CCCOC1)C(=O)CNC1CCCC1. The molecule has 2 fully saturated rings. The van der Waals surface area contributed by atoms with Crippen molar-refractivity contribution < 1.29 is 9.53 Å². The van der Waals surface area contributed by atoms with E-state index in [1.807, 2.05) is 11.9 Å². The van der Waals surface area contributed by atoms with Crippen molar-refractivity contribution in [3.8, 4) is 0 Å². The molecule has 4 nitrogen and oxygen atoms in total. The van der Waals surface area contributed by atoms with Gasteiger partial charge in [-0.15, -0.1) is 0 Å². The number of carbonyl (C=O) groups is 1. The maximum absolute atomic E-state index is 12.0. The summed E-state index contributed by atoms with van der Waals surface area (Å²) in [6, 6.07) is 0.570. The second-order valence-electron chi connectivity index (χ2n) is 5.72. The molecule has 0 spiro atoms. The fourth-order valence-corrected chi connectivity index (χ4v) is 2.94. The van der Waals surface area contributed by atoms with E-state index in [1.165, 1.54) is 32.1 Å². The first-order valence-electron chi connectivity index (χ1n) is 7.31. The molecule has 1 aliphatic heterocycles. The minimum atomic E-state index is 0.215. The highest BCUT2D eigenvalue weighted by molar-refractivity contribution is 5.78. The Morgan fingerprint density at radius 3 is 2.72 bits per heavy atom. The zero-order chi connectivity index (χ0) is 12.8. The minimum Gasteiger partial charge on any atom is -0.381 e. The molecule has 0 aromatic heterocycles. The van der Waals surface area contributed by atoms with E-state index in [0.717, 1.165) is 26.2 Å². The first kappa shape index (κ1) is 13.8. The summed E-state index contributed by atoms with van der Waals surface area (Å²) in [4.78, 5) is 13.9. The van der Waals surface area contributed by atoms with Gasteiger partial charge in [0.1, 0.15) is 0 Å². The Balaban J connectivity index is 1.63. The summed E-state index contributed by atoms with van der Waals surface area (Å²) in [5.41, 5.74) is 0. The third kappa shape index (κ3) is 4.25. The van der Waals surface area contributed by atoms with E-state index < -0.39 is 0 Å². The molecule has 1 unspecified atom stereocenters. The molecule has 0 radical (unpaired) electrons.